The molecule has 1 aromatic heterocycles. The standard InChI is InChI=1S/C10H9ClF3N/c11-9(7-4-5-7,10(12,13)14)8-3-1-2-6-15-8/h1-3,6-7H,4-5H2. The predicted octanol–water partition coefficient (Wildman–Crippen LogP) is 3.49. The molecule has 0 aliphatic heterocycles. The Labute approximate surface area is 90.3 Å². The normalized spacial score (nSPS) is 21.1. The molecule has 82 valence electrons. The van der Waals surface area contributed by atoms with Crippen LogP contribution in [0, 0.1) is 5.92 Å². The molecular formula is C10H9ClF3N. The fourth-order valence-corrected chi connectivity index (χ4v) is 1.97. The van der Waals surface area contributed by atoms with Crippen LogP contribution in [0.2, 0.25) is 0 Å². The van der Waals surface area contributed by atoms with Crippen LogP contribution in [0.3, 0.4) is 0 Å². The Kier molecular flexibility index (Phi) is 2.41. The van der Waals surface area contributed by atoms with Crippen molar-refractivity contribution in [2.45, 2.75) is 23.9 Å². The number of rotatable bonds is 2. The minimum atomic E-state index is -4.45. The quantitative estimate of drug-likeness (QED) is 0.715. The molecule has 1 atom stereocenters. The summed E-state index contributed by atoms with van der Waals surface area (Å²) in [7, 11) is 0. The van der Waals surface area contributed by atoms with E-state index < -0.39 is 17.0 Å². The van der Waals surface area contributed by atoms with Crippen molar-refractivity contribution in [3.63, 3.8) is 0 Å². The van der Waals surface area contributed by atoms with Crippen molar-refractivity contribution in [3.8, 4) is 0 Å². The van der Waals surface area contributed by atoms with Crippen LogP contribution in [0.5, 0.6) is 0 Å². The molecule has 0 spiro atoms. The molecule has 0 amide bonds. The largest absolute Gasteiger partial charge is 0.413 e. The van der Waals surface area contributed by atoms with Gasteiger partial charge in [-0.05, 0) is 30.9 Å². The lowest BCUT2D eigenvalue weighted by Gasteiger charge is -2.28. The summed E-state index contributed by atoms with van der Waals surface area (Å²) in [5.74, 6) is -0.533. The lowest BCUT2D eigenvalue weighted by Crippen LogP contribution is -2.39. The van der Waals surface area contributed by atoms with Gasteiger partial charge >= 0.3 is 6.18 Å². The molecule has 1 aromatic rings. The Hall–Kier alpha value is -0.770. The number of hydrogen-bond acceptors (Lipinski definition) is 1. The summed E-state index contributed by atoms with van der Waals surface area (Å²) >= 11 is 5.75. The van der Waals surface area contributed by atoms with Gasteiger partial charge in [-0.15, -0.1) is 11.6 Å². The first-order valence-corrected chi connectivity index (χ1v) is 5.01. The van der Waals surface area contributed by atoms with E-state index >= 15 is 0 Å². The number of pyridine rings is 1. The lowest BCUT2D eigenvalue weighted by molar-refractivity contribution is -0.171. The maximum atomic E-state index is 12.9. The van der Waals surface area contributed by atoms with E-state index in [0.717, 1.165) is 0 Å². The van der Waals surface area contributed by atoms with Gasteiger partial charge in [-0.1, -0.05) is 6.07 Å². The topological polar surface area (TPSA) is 12.9 Å². The van der Waals surface area contributed by atoms with E-state index in [1.165, 1.54) is 18.3 Å². The molecule has 5 heteroatoms. The van der Waals surface area contributed by atoms with Crippen molar-refractivity contribution in [1.82, 2.24) is 4.98 Å². The number of nitrogens with zero attached hydrogens (tertiary/aromatic N) is 1. The molecule has 0 saturated heterocycles. The highest BCUT2D eigenvalue weighted by molar-refractivity contribution is 6.24. The fraction of sp³-hybridized carbons (Fsp3) is 0.500. The van der Waals surface area contributed by atoms with E-state index in [9.17, 15) is 13.2 Å². The predicted molar refractivity (Wildman–Crippen MR) is 50.5 cm³/mol. The zero-order valence-corrected chi connectivity index (χ0v) is 8.52. The first kappa shape index (κ1) is 10.7. The molecular weight excluding hydrogens is 227 g/mol. The monoisotopic (exact) mass is 235 g/mol. The lowest BCUT2D eigenvalue weighted by atomic mass is 9.97. The molecule has 0 bridgehead atoms. The molecule has 1 saturated carbocycles. The van der Waals surface area contributed by atoms with Crippen molar-refractivity contribution in [2.24, 2.45) is 5.92 Å². The highest BCUT2D eigenvalue weighted by Crippen LogP contribution is 2.57. The van der Waals surface area contributed by atoms with E-state index in [1.807, 2.05) is 0 Å². The summed E-state index contributed by atoms with van der Waals surface area (Å²) in [6.07, 6.45) is -2.09. The summed E-state index contributed by atoms with van der Waals surface area (Å²) in [4.78, 5) is 1.43. The Morgan fingerprint density at radius 1 is 1.27 bits per heavy atom. The van der Waals surface area contributed by atoms with E-state index in [-0.39, 0.29) is 5.69 Å². The van der Waals surface area contributed by atoms with Crippen LogP contribution < -0.4 is 0 Å². The second kappa shape index (κ2) is 3.37. The molecule has 1 aliphatic rings. The molecule has 0 radical (unpaired) electrons. The average molecular weight is 236 g/mol. The molecule has 1 nitrogen and oxygen atoms in total. The van der Waals surface area contributed by atoms with Gasteiger partial charge in [0.05, 0.1) is 5.69 Å². The third-order valence-electron chi connectivity index (χ3n) is 2.59. The zero-order chi connectivity index (χ0) is 11.1. The van der Waals surface area contributed by atoms with Gasteiger partial charge in [-0.3, -0.25) is 4.98 Å². The fourth-order valence-electron chi connectivity index (χ4n) is 1.64. The van der Waals surface area contributed by atoms with Gasteiger partial charge < -0.3 is 0 Å². The summed E-state index contributed by atoms with van der Waals surface area (Å²) in [6.45, 7) is 0. The Morgan fingerprint density at radius 2 is 1.93 bits per heavy atom. The van der Waals surface area contributed by atoms with Crippen molar-refractivity contribution in [2.75, 3.05) is 0 Å². The van der Waals surface area contributed by atoms with Crippen LogP contribution in [0.15, 0.2) is 24.4 Å². The van der Waals surface area contributed by atoms with Gasteiger partial charge in [0, 0.05) is 6.20 Å². The minimum absolute atomic E-state index is 0.0957. The van der Waals surface area contributed by atoms with Gasteiger partial charge in [0.2, 0.25) is 0 Å². The summed E-state index contributed by atoms with van der Waals surface area (Å²) in [6, 6.07) is 4.43. The molecule has 1 heterocycles. The summed E-state index contributed by atoms with van der Waals surface area (Å²) in [5.41, 5.74) is -0.0957. The van der Waals surface area contributed by atoms with Crippen LogP contribution in [-0.4, -0.2) is 11.2 Å². The minimum Gasteiger partial charge on any atom is -0.259 e. The molecule has 0 N–H and O–H groups in total. The van der Waals surface area contributed by atoms with E-state index in [4.69, 9.17) is 11.6 Å². The van der Waals surface area contributed by atoms with Crippen molar-refractivity contribution >= 4 is 11.6 Å². The van der Waals surface area contributed by atoms with Crippen molar-refractivity contribution in [3.05, 3.63) is 30.1 Å². The van der Waals surface area contributed by atoms with Crippen molar-refractivity contribution in [1.29, 1.82) is 0 Å². The third kappa shape index (κ3) is 1.71. The second-order valence-corrected chi connectivity index (χ2v) is 4.29. The average Bonchev–Trinajstić information content (AvgIpc) is 2.99. The molecule has 2 rings (SSSR count). The Bertz CT molecular complexity index is 347. The van der Waals surface area contributed by atoms with Crippen LogP contribution >= 0.6 is 11.6 Å². The van der Waals surface area contributed by atoms with Crippen LogP contribution in [0.4, 0.5) is 13.2 Å². The van der Waals surface area contributed by atoms with Gasteiger partial charge in [-0.2, -0.15) is 13.2 Å². The van der Waals surface area contributed by atoms with Crippen LogP contribution in [-0.2, 0) is 4.87 Å². The highest BCUT2D eigenvalue weighted by atomic mass is 35.5. The molecule has 1 unspecified atom stereocenters. The van der Waals surface area contributed by atoms with Gasteiger partial charge in [0.15, 0.2) is 4.87 Å². The van der Waals surface area contributed by atoms with E-state index in [2.05, 4.69) is 4.98 Å². The zero-order valence-electron chi connectivity index (χ0n) is 7.76. The van der Waals surface area contributed by atoms with Crippen LogP contribution in [0.25, 0.3) is 0 Å². The third-order valence-corrected chi connectivity index (χ3v) is 3.31. The smallest absolute Gasteiger partial charge is 0.259 e. The SMILES string of the molecule is FC(F)(F)C(Cl)(c1ccccn1)C1CC1. The number of halogens is 4. The summed E-state index contributed by atoms with van der Waals surface area (Å²) < 4.78 is 38.7. The molecule has 15 heavy (non-hydrogen) atoms. The number of aromatic nitrogens is 1. The van der Waals surface area contributed by atoms with Gasteiger partial charge in [0.1, 0.15) is 0 Å². The number of hydrogen-bond donors (Lipinski definition) is 0. The van der Waals surface area contributed by atoms with Crippen LogP contribution in [0.1, 0.15) is 18.5 Å². The second-order valence-electron chi connectivity index (χ2n) is 3.70. The van der Waals surface area contributed by atoms with E-state index in [0.29, 0.717) is 12.8 Å². The molecule has 0 aromatic carbocycles. The summed E-state index contributed by atoms with van der Waals surface area (Å²) in [5, 5.41) is 0. The van der Waals surface area contributed by atoms with Crippen molar-refractivity contribution < 1.29 is 13.2 Å². The first-order chi connectivity index (χ1) is 6.96. The van der Waals surface area contributed by atoms with Gasteiger partial charge in [-0.25, -0.2) is 0 Å². The first-order valence-electron chi connectivity index (χ1n) is 4.63. The van der Waals surface area contributed by atoms with Gasteiger partial charge in [0.25, 0.3) is 0 Å². The Morgan fingerprint density at radius 3 is 2.33 bits per heavy atom. The molecule has 1 fully saturated rings. The highest BCUT2D eigenvalue weighted by Gasteiger charge is 2.63. The van der Waals surface area contributed by atoms with E-state index in [1.54, 1.807) is 6.07 Å². The maximum absolute atomic E-state index is 12.9. The number of alkyl halides is 4. The molecule has 1 aliphatic carbocycles. The maximum Gasteiger partial charge on any atom is 0.413 e. The Balaban J connectivity index is 2.44.